The van der Waals surface area contributed by atoms with E-state index in [9.17, 15) is 4.79 Å². The van der Waals surface area contributed by atoms with Crippen LogP contribution in [0.15, 0.2) is 42.5 Å². The number of nitrogens with two attached hydrogens (primary N) is 1. The Hall–Kier alpha value is -1.79. The zero-order valence-electron chi connectivity index (χ0n) is 17.7. The molecule has 2 aromatic carbocycles. The van der Waals surface area contributed by atoms with Crippen LogP contribution in [0.1, 0.15) is 43.5 Å². The van der Waals surface area contributed by atoms with E-state index < -0.39 is 5.60 Å². The Bertz CT molecular complexity index is 890. The van der Waals surface area contributed by atoms with Gasteiger partial charge in [-0.2, -0.15) is 0 Å². The van der Waals surface area contributed by atoms with Crippen molar-refractivity contribution in [3.8, 4) is 0 Å². The number of amides is 1. The summed E-state index contributed by atoms with van der Waals surface area (Å²) >= 11 is 12.7. The van der Waals surface area contributed by atoms with E-state index in [2.05, 4.69) is 4.90 Å². The molecule has 1 unspecified atom stereocenters. The first-order valence-corrected chi connectivity index (χ1v) is 10.9. The Labute approximate surface area is 188 Å². The van der Waals surface area contributed by atoms with Gasteiger partial charge in [-0.3, -0.25) is 4.90 Å². The molecule has 2 N–H and O–H groups in total. The van der Waals surface area contributed by atoms with Crippen LogP contribution in [0.2, 0.25) is 10.0 Å². The van der Waals surface area contributed by atoms with Gasteiger partial charge in [-0.1, -0.05) is 47.5 Å². The number of carbonyl (C=O) groups excluding carboxylic acids is 1. The van der Waals surface area contributed by atoms with Crippen molar-refractivity contribution in [1.29, 1.82) is 0 Å². The van der Waals surface area contributed by atoms with E-state index in [1.165, 1.54) is 0 Å². The van der Waals surface area contributed by atoms with Gasteiger partial charge in [0.15, 0.2) is 0 Å². The van der Waals surface area contributed by atoms with Crippen molar-refractivity contribution < 1.29 is 9.53 Å². The number of piperazine rings is 1. The van der Waals surface area contributed by atoms with Crippen molar-refractivity contribution in [1.82, 2.24) is 9.80 Å². The molecule has 2 aromatic rings. The Kier molecular flexibility index (Phi) is 7.30. The number of nitrogens with zero attached hydrogens (tertiary/aromatic N) is 2. The number of ether oxygens (including phenoxy) is 1. The fourth-order valence-corrected chi connectivity index (χ4v) is 3.88. The van der Waals surface area contributed by atoms with Gasteiger partial charge in [-0.05, 0) is 55.7 Å². The molecule has 0 radical (unpaired) electrons. The molecule has 0 spiro atoms. The lowest BCUT2D eigenvalue weighted by Gasteiger charge is -2.35. The predicted octanol–water partition coefficient (Wildman–Crippen LogP) is 5.09. The van der Waals surface area contributed by atoms with E-state index >= 15 is 0 Å². The van der Waals surface area contributed by atoms with Gasteiger partial charge in [-0.25, -0.2) is 4.79 Å². The molecular formula is C23H29Cl2N3O2. The highest BCUT2D eigenvalue weighted by molar-refractivity contribution is 6.31. The van der Waals surface area contributed by atoms with Crippen LogP contribution >= 0.6 is 23.2 Å². The third-order valence-corrected chi connectivity index (χ3v) is 5.65. The second kappa shape index (κ2) is 9.56. The maximum absolute atomic E-state index is 12.2. The Morgan fingerprint density at radius 2 is 1.73 bits per heavy atom. The quantitative estimate of drug-likeness (QED) is 0.705. The molecule has 1 heterocycles. The zero-order chi connectivity index (χ0) is 21.9. The largest absolute Gasteiger partial charge is 0.444 e. The second-order valence-electron chi connectivity index (χ2n) is 8.63. The lowest BCUT2D eigenvalue weighted by atomic mass is 9.98. The number of hydrogen-bond acceptors (Lipinski definition) is 4. The first kappa shape index (κ1) is 22.9. The van der Waals surface area contributed by atoms with E-state index in [1.54, 1.807) is 4.90 Å². The summed E-state index contributed by atoms with van der Waals surface area (Å²) in [6.07, 6.45) is -0.250. The molecule has 1 atom stereocenters. The molecule has 0 aromatic heterocycles. The Morgan fingerprint density at radius 3 is 2.33 bits per heavy atom. The molecule has 0 bridgehead atoms. The first-order chi connectivity index (χ1) is 14.1. The SMILES string of the molecule is CC(C)(C)OC(=O)N1CCN(Cc2ccc(C(N)c3cccc(Cl)c3)cc2Cl)CC1. The highest BCUT2D eigenvalue weighted by Gasteiger charge is 2.26. The molecule has 1 fully saturated rings. The monoisotopic (exact) mass is 449 g/mol. The van der Waals surface area contributed by atoms with Crippen LogP contribution in [0.25, 0.3) is 0 Å². The number of benzene rings is 2. The molecule has 1 aliphatic rings. The fraction of sp³-hybridized carbons (Fsp3) is 0.435. The summed E-state index contributed by atoms with van der Waals surface area (Å²) in [5, 5.41) is 1.36. The average molecular weight is 450 g/mol. The molecule has 1 saturated heterocycles. The smallest absolute Gasteiger partial charge is 0.410 e. The Balaban J connectivity index is 1.59. The van der Waals surface area contributed by atoms with E-state index in [4.69, 9.17) is 33.7 Å². The average Bonchev–Trinajstić information content (AvgIpc) is 2.68. The van der Waals surface area contributed by atoms with E-state index in [-0.39, 0.29) is 12.1 Å². The topological polar surface area (TPSA) is 58.8 Å². The van der Waals surface area contributed by atoms with Gasteiger partial charge >= 0.3 is 6.09 Å². The van der Waals surface area contributed by atoms with Gasteiger partial charge in [0.1, 0.15) is 5.60 Å². The van der Waals surface area contributed by atoms with Crippen molar-refractivity contribution in [2.75, 3.05) is 26.2 Å². The number of hydrogen-bond donors (Lipinski definition) is 1. The van der Waals surface area contributed by atoms with Crippen molar-refractivity contribution in [3.05, 3.63) is 69.2 Å². The third kappa shape index (κ3) is 6.11. The van der Waals surface area contributed by atoms with Crippen molar-refractivity contribution in [2.24, 2.45) is 5.73 Å². The minimum atomic E-state index is -0.477. The highest BCUT2D eigenvalue weighted by Crippen LogP contribution is 2.27. The van der Waals surface area contributed by atoms with Crippen LogP contribution in [-0.4, -0.2) is 47.7 Å². The molecular weight excluding hydrogens is 421 g/mol. The summed E-state index contributed by atoms with van der Waals surface area (Å²) in [7, 11) is 0. The molecule has 7 heteroatoms. The van der Waals surface area contributed by atoms with Gasteiger partial charge in [0.25, 0.3) is 0 Å². The van der Waals surface area contributed by atoms with Crippen LogP contribution < -0.4 is 5.73 Å². The van der Waals surface area contributed by atoms with Crippen molar-refractivity contribution in [3.63, 3.8) is 0 Å². The zero-order valence-corrected chi connectivity index (χ0v) is 19.2. The summed E-state index contributed by atoms with van der Waals surface area (Å²) in [6.45, 7) is 9.21. The molecule has 30 heavy (non-hydrogen) atoms. The van der Waals surface area contributed by atoms with Crippen LogP contribution in [0.3, 0.4) is 0 Å². The number of carbonyl (C=O) groups is 1. The minimum Gasteiger partial charge on any atom is -0.444 e. The normalized spacial score (nSPS) is 16.4. The number of rotatable bonds is 4. The van der Waals surface area contributed by atoms with Gasteiger partial charge in [0.2, 0.25) is 0 Å². The fourth-order valence-electron chi connectivity index (χ4n) is 3.43. The first-order valence-electron chi connectivity index (χ1n) is 10.1. The second-order valence-corrected chi connectivity index (χ2v) is 9.47. The highest BCUT2D eigenvalue weighted by atomic mass is 35.5. The summed E-state index contributed by atoms with van der Waals surface area (Å²) in [5.41, 5.74) is 8.86. The summed E-state index contributed by atoms with van der Waals surface area (Å²) < 4.78 is 5.46. The van der Waals surface area contributed by atoms with Crippen molar-refractivity contribution >= 4 is 29.3 Å². The summed E-state index contributed by atoms with van der Waals surface area (Å²) in [5.74, 6) is 0. The molecule has 0 aliphatic carbocycles. The molecule has 162 valence electrons. The van der Waals surface area contributed by atoms with Gasteiger partial charge in [0.05, 0.1) is 6.04 Å². The molecule has 1 aliphatic heterocycles. The molecule has 3 rings (SSSR count). The number of halogens is 2. The van der Waals surface area contributed by atoms with Crippen LogP contribution in [0.4, 0.5) is 4.79 Å². The van der Waals surface area contributed by atoms with Gasteiger partial charge in [0, 0.05) is 42.8 Å². The van der Waals surface area contributed by atoms with E-state index in [0.29, 0.717) is 23.1 Å². The Morgan fingerprint density at radius 1 is 1.07 bits per heavy atom. The molecule has 0 saturated carbocycles. The van der Waals surface area contributed by atoms with Gasteiger partial charge in [-0.15, -0.1) is 0 Å². The standard InChI is InChI=1S/C23H29Cl2N3O2/c1-23(2,3)30-22(29)28-11-9-27(10-12-28)15-18-8-7-17(14-20(18)25)21(26)16-5-4-6-19(24)13-16/h4-8,13-14,21H,9-12,15,26H2,1-3H3. The maximum Gasteiger partial charge on any atom is 0.410 e. The lowest BCUT2D eigenvalue weighted by Crippen LogP contribution is -2.49. The van der Waals surface area contributed by atoms with Crippen molar-refractivity contribution in [2.45, 2.75) is 39.0 Å². The minimum absolute atomic E-state index is 0.250. The molecule has 1 amide bonds. The third-order valence-electron chi connectivity index (χ3n) is 5.06. The van der Waals surface area contributed by atoms with Crippen LogP contribution in [0, 0.1) is 0 Å². The summed E-state index contributed by atoms with van der Waals surface area (Å²) in [6, 6.07) is 13.3. The maximum atomic E-state index is 12.2. The van der Waals surface area contributed by atoms with Crippen LogP contribution in [-0.2, 0) is 11.3 Å². The van der Waals surface area contributed by atoms with E-state index in [1.807, 2.05) is 63.2 Å². The predicted molar refractivity (Wildman–Crippen MR) is 122 cm³/mol. The molecule has 5 nitrogen and oxygen atoms in total. The van der Waals surface area contributed by atoms with Crippen LogP contribution in [0.5, 0.6) is 0 Å². The van der Waals surface area contributed by atoms with E-state index in [0.717, 1.165) is 36.3 Å². The summed E-state index contributed by atoms with van der Waals surface area (Å²) in [4.78, 5) is 16.3. The van der Waals surface area contributed by atoms with Gasteiger partial charge < -0.3 is 15.4 Å². The lowest BCUT2D eigenvalue weighted by molar-refractivity contribution is 0.0139.